The average Bonchev–Trinajstić information content (AvgIpc) is 2.69. The summed E-state index contributed by atoms with van der Waals surface area (Å²) in [6.45, 7) is 5.86. The maximum Gasteiger partial charge on any atom is 0.203 e. The lowest BCUT2D eigenvalue weighted by Crippen LogP contribution is -2.47. The number of benzene rings is 1. The van der Waals surface area contributed by atoms with Crippen molar-refractivity contribution < 1.29 is 18.9 Å². The number of hydrogen-bond acceptors (Lipinski definition) is 6. The van der Waals surface area contributed by atoms with Crippen molar-refractivity contribution in [3.05, 3.63) is 17.7 Å². The van der Waals surface area contributed by atoms with E-state index in [1.54, 1.807) is 21.3 Å². The van der Waals surface area contributed by atoms with Gasteiger partial charge < -0.3 is 24.3 Å². The molecule has 0 aliphatic carbocycles. The van der Waals surface area contributed by atoms with Crippen LogP contribution in [0.25, 0.3) is 0 Å². The lowest BCUT2D eigenvalue weighted by atomic mass is 9.85. The van der Waals surface area contributed by atoms with E-state index in [1.165, 1.54) is 5.56 Å². The Morgan fingerprint density at radius 3 is 2.00 bits per heavy atom. The van der Waals surface area contributed by atoms with Gasteiger partial charge in [-0.1, -0.05) is 0 Å². The first-order valence-electron chi connectivity index (χ1n) is 9.11. The highest BCUT2D eigenvalue weighted by molar-refractivity contribution is 5.85. The van der Waals surface area contributed by atoms with Crippen LogP contribution in [0.3, 0.4) is 0 Å². The molecule has 6 nitrogen and oxygen atoms in total. The van der Waals surface area contributed by atoms with E-state index in [4.69, 9.17) is 18.9 Å². The SMILES string of the molecule is COc1cc([C@H](C2CCOCC2)N2CCNCC2)cc(OC)c1OC.Cl.Cl. The van der Waals surface area contributed by atoms with Crippen molar-refractivity contribution in [3.63, 3.8) is 0 Å². The molecule has 2 fully saturated rings. The van der Waals surface area contributed by atoms with E-state index in [0.717, 1.165) is 63.7 Å². The maximum absolute atomic E-state index is 5.60. The molecule has 0 aromatic heterocycles. The lowest BCUT2D eigenvalue weighted by Gasteiger charge is -2.41. The Labute approximate surface area is 174 Å². The Morgan fingerprint density at radius 2 is 1.52 bits per heavy atom. The molecule has 2 aliphatic rings. The van der Waals surface area contributed by atoms with Gasteiger partial charge in [0.1, 0.15) is 0 Å². The Morgan fingerprint density at radius 1 is 0.963 bits per heavy atom. The molecule has 1 atom stereocenters. The zero-order valence-corrected chi connectivity index (χ0v) is 18.0. The summed E-state index contributed by atoms with van der Waals surface area (Å²) in [5, 5.41) is 3.45. The van der Waals surface area contributed by atoms with Gasteiger partial charge in [0.25, 0.3) is 0 Å². The fraction of sp³-hybridized carbons (Fsp3) is 0.684. The highest BCUT2D eigenvalue weighted by atomic mass is 35.5. The predicted octanol–water partition coefficient (Wildman–Crippen LogP) is 2.93. The van der Waals surface area contributed by atoms with Gasteiger partial charge in [-0.2, -0.15) is 0 Å². The van der Waals surface area contributed by atoms with Gasteiger partial charge in [0.2, 0.25) is 5.75 Å². The van der Waals surface area contributed by atoms with Crippen molar-refractivity contribution in [2.75, 3.05) is 60.7 Å². The fourth-order valence-electron chi connectivity index (χ4n) is 4.05. The molecular formula is C19H32Cl2N2O4. The van der Waals surface area contributed by atoms with E-state index < -0.39 is 0 Å². The standard InChI is InChI=1S/C19H30N2O4.2ClH/c1-22-16-12-15(13-17(23-2)19(16)24-3)18(14-4-10-25-11-5-14)21-8-6-20-7-9-21;;/h12-14,18,20H,4-11H2,1-3H3;2*1H/t18-;;/m0../s1. The summed E-state index contributed by atoms with van der Waals surface area (Å²) in [6, 6.07) is 4.58. The minimum absolute atomic E-state index is 0. The second-order valence-corrected chi connectivity index (χ2v) is 6.64. The molecular weight excluding hydrogens is 391 g/mol. The number of hydrogen-bond donors (Lipinski definition) is 1. The number of ether oxygens (including phenoxy) is 4. The van der Waals surface area contributed by atoms with Crippen LogP contribution >= 0.6 is 24.8 Å². The van der Waals surface area contributed by atoms with Crippen LogP contribution in [0, 0.1) is 5.92 Å². The number of methoxy groups -OCH3 is 3. The Balaban J connectivity index is 0.00000182. The van der Waals surface area contributed by atoms with Crippen LogP contribution in [0.15, 0.2) is 12.1 Å². The zero-order valence-electron chi connectivity index (χ0n) is 16.4. The monoisotopic (exact) mass is 422 g/mol. The van der Waals surface area contributed by atoms with Gasteiger partial charge >= 0.3 is 0 Å². The molecule has 1 aromatic rings. The van der Waals surface area contributed by atoms with E-state index in [0.29, 0.717) is 17.7 Å². The quantitative estimate of drug-likeness (QED) is 0.760. The molecule has 2 aliphatic heterocycles. The molecule has 1 N–H and O–H groups in total. The molecule has 0 unspecified atom stereocenters. The second-order valence-electron chi connectivity index (χ2n) is 6.64. The number of nitrogens with one attached hydrogen (secondary N) is 1. The summed E-state index contributed by atoms with van der Waals surface area (Å²) < 4.78 is 22.3. The van der Waals surface area contributed by atoms with Crippen LogP contribution in [0.1, 0.15) is 24.4 Å². The Kier molecular flexibility index (Phi) is 10.6. The van der Waals surface area contributed by atoms with E-state index in [-0.39, 0.29) is 24.8 Å². The number of halogens is 2. The minimum Gasteiger partial charge on any atom is -0.493 e. The van der Waals surface area contributed by atoms with Crippen molar-refractivity contribution in [3.8, 4) is 17.2 Å². The molecule has 156 valence electrons. The summed E-state index contributed by atoms with van der Waals surface area (Å²) in [5.74, 6) is 2.68. The molecule has 1 aromatic carbocycles. The van der Waals surface area contributed by atoms with Crippen LogP contribution in [0.4, 0.5) is 0 Å². The third-order valence-electron chi connectivity index (χ3n) is 5.29. The van der Waals surface area contributed by atoms with Crippen LogP contribution in [0.5, 0.6) is 17.2 Å². The second kappa shape index (κ2) is 11.8. The zero-order chi connectivity index (χ0) is 17.6. The molecule has 0 radical (unpaired) electrons. The van der Waals surface area contributed by atoms with Gasteiger partial charge in [-0.05, 0) is 36.5 Å². The largest absolute Gasteiger partial charge is 0.493 e. The van der Waals surface area contributed by atoms with Gasteiger partial charge in [-0.15, -0.1) is 24.8 Å². The molecule has 27 heavy (non-hydrogen) atoms. The van der Waals surface area contributed by atoms with E-state index >= 15 is 0 Å². The highest BCUT2D eigenvalue weighted by Crippen LogP contribution is 2.43. The first-order valence-corrected chi connectivity index (χ1v) is 9.11. The van der Waals surface area contributed by atoms with Crippen molar-refractivity contribution in [2.24, 2.45) is 5.92 Å². The van der Waals surface area contributed by atoms with Gasteiger partial charge in [0, 0.05) is 45.4 Å². The maximum atomic E-state index is 5.60. The van der Waals surface area contributed by atoms with Crippen molar-refractivity contribution in [1.29, 1.82) is 0 Å². The summed E-state index contributed by atoms with van der Waals surface area (Å²) in [4.78, 5) is 2.59. The van der Waals surface area contributed by atoms with Crippen molar-refractivity contribution in [1.82, 2.24) is 10.2 Å². The fourth-order valence-corrected chi connectivity index (χ4v) is 4.05. The molecule has 0 saturated carbocycles. The van der Waals surface area contributed by atoms with Gasteiger partial charge in [0.15, 0.2) is 11.5 Å². The average molecular weight is 423 g/mol. The van der Waals surface area contributed by atoms with Gasteiger partial charge in [0.05, 0.1) is 21.3 Å². The molecule has 0 spiro atoms. The summed E-state index contributed by atoms with van der Waals surface area (Å²) in [6.07, 6.45) is 2.18. The molecule has 2 heterocycles. The molecule has 3 rings (SSSR count). The number of rotatable bonds is 6. The molecule has 2 saturated heterocycles. The van der Waals surface area contributed by atoms with E-state index in [9.17, 15) is 0 Å². The first kappa shape index (κ1) is 24.1. The van der Waals surface area contributed by atoms with Crippen molar-refractivity contribution in [2.45, 2.75) is 18.9 Å². The normalized spacial score (nSPS) is 19.4. The van der Waals surface area contributed by atoms with Gasteiger partial charge in [-0.25, -0.2) is 0 Å². The number of nitrogens with zero attached hydrogens (tertiary/aromatic N) is 1. The minimum atomic E-state index is 0. The predicted molar refractivity (Wildman–Crippen MR) is 111 cm³/mol. The molecule has 8 heteroatoms. The first-order chi connectivity index (χ1) is 12.3. The number of piperazine rings is 1. The smallest absolute Gasteiger partial charge is 0.203 e. The lowest BCUT2D eigenvalue weighted by molar-refractivity contribution is 0.0212. The third kappa shape index (κ3) is 5.55. The Bertz CT molecular complexity index is 522. The Hall–Kier alpha value is -0.920. The van der Waals surface area contributed by atoms with Crippen molar-refractivity contribution >= 4 is 24.8 Å². The molecule has 0 bridgehead atoms. The van der Waals surface area contributed by atoms with E-state index in [1.807, 2.05) is 0 Å². The third-order valence-corrected chi connectivity index (χ3v) is 5.29. The highest BCUT2D eigenvalue weighted by Gasteiger charge is 2.32. The topological polar surface area (TPSA) is 52.2 Å². The van der Waals surface area contributed by atoms with Crippen LogP contribution in [0.2, 0.25) is 0 Å². The molecule has 0 amide bonds. The van der Waals surface area contributed by atoms with Crippen LogP contribution in [-0.4, -0.2) is 65.6 Å². The van der Waals surface area contributed by atoms with Crippen LogP contribution in [-0.2, 0) is 4.74 Å². The van der Waals surface area contributed by atoms with Gasteiger partial charge in [-0.3, -0.25) is 4.90 Å². The summed E-state index contributed by atoms with van der Waals surface area (Å²) in [7, 11) is 5.00. The summed E-state index contributed by atoms with van der Waals surface area (Å²) in [5.41, 5.74) is 1.24. The summed E-state index contributed by atoms with van der Waals surface area (Å²) >= 11 is 0. The van der Waals surface area contributed by atoms with Crippen LogP contribution < -0.4 is 19.5 Å². The van der Waals surface area contributed by atoms with E-state index in [2.05, 4.69) is 22.3 Å².